The van der Waals surface area contributed by atoms with Gasteiger partial charge in [-0.05, 0) is 0 Å². The van der Waals surface area contributed by atoms with Crippen LogP contribution in [0.5, 0.6) is 0 Å². The molecule has 0 saturated heterocycles. The minimum absolute atomic E-state index is 0. The Bertz CT molecular complexity index is 215. The molecule has 0 aliphatic rings. The van der Waals surface area contributed by atoms with E-state index in [1.54, 1.807) is 0 Å². The maximum atomic E-state index is 3.78. The molecule has 0 unspecified atom stereocenters. The molecule has 1 radical (unpaired) electrons. The van der Waals surface area contributed by atoms with Crippen molar-refractivity contribution in [2.75, 3.05) is 0 Å². The van der Waals surface area contributed by atoms with Crippen molar-refractivity contribution >= 4 is 0 Å². The fraction of sp³-hybridized carbons (Fsp3) is 0.389. The van der Waals surface area contributed by atoms with Crippen LogP contribution in [0.1, 0.15) is 45.4 Å². The summed E-state index contributed by atoms with van der Waals surface area (Å²) in [5.41, 5.74) is 0. The molecule has 19 heavy (non-hydrogen) atoms. The Hall–Kier alpha value is -0.586. The minimum Gasteiger partial charge on any atom is -0.343 e. The zero-order chi connectivity index (χ0) is 13.3. The van der Waals surface area contributed by atoms with Crippen LogP contribution in [0.4, 0.5) is 0 Å². The predicted octanol–water partition coefficient (Wildman–Crippen LogP) is 5.99. The Kier molecular flexibility index (Phi) is 21.5. The van der Waals surface area contributed by atoms with Crippen molar-refractivity contribution in [3.05, 3.63) is 67.6 Å². The Morgan fingerprint density at radius 1 is 0.737 bits per heavy atom. The summed E-state index contributed by atoms with van der Waals surface area (Å²) in [5, 5.41) is 0. The Labute approximate surface area is 134 Å². The van der Waals surface area contributed by atoms with Gasteiger partial charge in [-0.1, -0.05) is 39.0 Å². The summed E-state index contributed by atoms with van der Waals surface area (Å²) in [6.45, 7) is 6.02. The molecular weight excluding hydrogens is 264 g/mol. The molecule has 0 fully saturated rings. The summed E-state index contributed by atoms with van der Waals surface area (Å²) in [4.78, 5) is 0. The van der Waals surface area contributed by atoms with Gasteiger partial charge in [0.05, 0.1) is 0 Å². The molecule has 2 rings (SSSR count). The first kappa shape index (κ1) is 20.7. The molecule has 2 aromatic carbocycles. The second kappa shape index (κ2) is 19.7. The first-order valence-electron chi connectivity index (χ1n) is 7.04. The van der Waals surface area contributed by atoms with Crippen LogP contribution in [0.15, 0.2) is 60.7 Å². The Morgan fingerprint density at radius 3 is 1.42 bits per heavy atom. The van der Waals surface area contributed by atoms with E-state index in [0.29, 0.717) is 0 Å². The number of hydrogen-bond acceptors (Lipinski definition) is 0. The van der Waals surface area contributed by atoms with E-state index in [1.165, 1.54) is 32.1 Å². The summed E-state index contributed by atoms with van der Waals surface area (Å²) < 4.78 is 0. The van der Waals surface area contributed by atoms with Crippen molar-refractivity contribution in [3.63, 3.8) is 0 Å². The van der Waals surface area contributed by atoms with E-state index in [1.807, 2.05) is 60.7 Å². The van der Waals surface area contributed by atoms with Crippen LogP contribution in [0.2, 0.25) is 0 Å². The van der Waals surface area contributed by atoms with E-state index in [2.05, 4.69) is 13.8 Å². The van der Waals surface area contributed by atoms with Gasteiger partial charge in [-0.3, -0.25) is 0 Å². The van der Waals surface area contributed by atoms with Crippen molar-refractivity contribution in [1.82, 2.24) is 0 Å². The number of unbranched alkanes of at least 4 members (excludes halogenated alkanes) is 5. The van der Waals surface area contributed by atoms with E-state index >= 15 is 0 Å². The SMILES string of the molecule is [CH2-]CCCCCCC.[Ti+3].c1cc[cH-]c1.c1cc[cH-]c1. The van der Waals surface area contributed by atoms with Crippen LogP contribution in [-0.2, 0) is 21.7 Å². The van der Waals surface area contributed by atoms with Gasteiger partial charge >= 0.3 is 21.7 Å². The minimum atomic E-state index is 0. The van der Waals surface area contributed by atoms with Crippen molar-refractivity contribution in [3.8, 4) is 0 Å². The number of rotatable bonds is 5. The smallest absolute Gasteiger partial charge is 0.343 e. The molecule has 0 heterocycles. The first-order chi connectivity index (χ1) is 8.91. The molecule has 0 aliphatic carbocycles. The maximum absolute atomic E-state index is 3.78. The van der Waals surface area contributed by atoms with Crippen LogP contribution >= 0.6 is 0 Å². The number of hydrogen-bond donors (Lipinski definition) is 0. The zero-order valence-corrected chi connectivity index (χ0v) is 13.8. The van der Waals surface area contributed by atoms with Crippen LogP contribution < -0.4 is 0 Å². The topological polar surface area (TPSA) is 0 Å². The zero-order valence-electron chi connectivity index (χ0n) is 12.2. The summed E-state index contributed by atoms with van der Waals surface area (Å²) in [6.07, 6.45) is 7.98. The fourth-order valence-electron chi connectivity index (χ4n) is 1.42. The van der Waals surface area contributed by atoms with Crippen LogP contribution in [0.25, 0.3) is 0 Å². The third-order valence-electron chi connectivity index (χ3n) is 2.46. The molecule has 0 aromatic heterocycles. The van der Waals surface area contributed by atoms with Gasteiger partial charge in [0.2, 0.25) is 0 Å². The third kappa shape index (κ3) is 19.9. The Balaban J connectivity index is 0. The van der Waals surface area contributed by atoms with Gasteiger partial charge in [-0.15, -0.1) is 0 Å². The molecule has 0 atom stereocenters. The third-order valence-corrected chi connectivity index (χ3v) is 2.46. The summed E-state index contributed by atoms with van der Waals surface area (Å²) >= 11 is 0. The molecule has 0 spiro atoms. The molecule has 103 valence electrons. The second-order valence-electron chi connectivity index (χ2n) is 4.19. The fourth-order valence-corrected chi connectivity index (χ4v) is 1.42. The molecular formula is C18H27Ti. The van der Waals surface area contributed by atoms with Crippen molar-refractivity contribution in [2.45, 2.75) is 45.4 Å². The predicted molar refractivity (Wildman–Crippen MR) is 82.8 cm³/mol. The quantitative estimate of drug-likeness (QED) is 0.360. The monoisotopic (exact) mass is 291 g/mol. The molecule has 0 N–H and O–H groups in total. The molecule has 0 nitrogen and oxygen atoms in total. The standard InChI is InChI=1S/C8H17.2C5H5.Ti/c1-3-5-7-8-6-4-2;2*1-2-4-5-3-1;/h1,3-8H2,2H3;2*1-5H;/q3*-1;+3. The van der Waals surface area contributed by atoms with Crippen LogP contribution in [-0.4, -0.2) is 0 Å². The van der Waals surface area contributed by atoms with E-state index in [-0.39, 0.29) is 21.7 Å². The van der Waals surface area contributed by atoms with Crippen LogP contribution in [0.3, 0.4) is 0 Å². The molecule has 2 aromatic rings. The van der Waals surface area contributed by atoms with Gasteiger partial charge in [0.15, 0.2) is 0 Å². The van der Waals surface area contributed by atoms with E-state index in [0.717, 1.165) is 6.42 Å². The largest absolute Gasteiger partial charge is 3.00 e. The van der Waals surface area contributed by atoms with Crippen molar-refractivity contribution in [2.24, 2.45) is 0 Å². The van der Waals surface area contributed by atoms with E-state index < -0.39 is 0 Å². The maximum Gasteiger partial charge on any atom is 3.00 e. The molecule has 0 amide bonds. The normalized spacial score (nSPS) is 8.32. The molecule has 0 saturated carbocycles. The van der Waals surface area contributed by atoms with Gasteiger partial charge in [0, 0.05) is 0 Å². The summed E-state index contributed by atoms with van der Waals surface area (Å²) in [6, 6.07) is 20.0. The molecule has 1 heteroatoms. The second-order valence-corrected chi connectivity index (χ2v) is 4.19. The summed E-state index contributed by atoms with van der Waals surface area (Å²) in [7, 11) is 0. The van der Waals surface area contributed by atoms with Crippen molar-refractivity contribution in [1.29, 1.82) is 0 Å². The van der Waals surface area contributed by atoms with Gasteiger partial charge in [-0.25, -0.2) is 24.3 Å². The molecule has 0 aliphatic heterocycles. The molecule has 0 bridgehead atoms. The van der Waals surface area contributed by atoms with Gasteiger partial charge in [0.1, 0.15) is 0 Å². The van der Waals surface area contributed by atoms with Crippen molar-refractivity contribution < 1.29 is 21.7 Å². The Morgan fingerprint density at radius 2 is 1.16 bits per heavy atom. The van der Waals surface area contributed by atoms with Gasteiger partial charge < -0.3 is 6.92 Å². The first-order valence-corrected chi connectivity index (χ1v) is 7.04. The van der Waals surface area contributed by atoms with Gasteiger partial charge in [0.25, 0.3) is 0 Å². The average molecular weight is 291 g/mol. The average Bonchev–Trinajstić information content (AvgIpc) is 3.12. The van der Waals surface area contributed by atoms with E-state index in [9.17, 15) is 0 Å². The van der Waals surface area contributed by atoms with E-state index in [4.69, 9.17) is 0 Å². The van der Waals surface area contributed by atoms with Gasteiger partial charge in [-0.2, -0.15) is 42.8 Å². The van der Waals surface area contributed by atoms with Crippen LogP contribution in [0, 0.1) is 6.92 Å². The summed E-state index contributed by atoms with van der Waals surface area (Å²) in [5.74, 6) is 0.